The third kappa shape index (κ3) is 6.01. The van der Waals surface area contributed by atoms with Crippen molar-refractivity contribution in [1.29, 1.82) is 0 Å². The summed E-state index contributed by atoms with van der Waals surface area (Å²) in [6.07, 6.45) is 4.40. The topological polar surface area (TPSA) is 34.0 Å². The molecule has 1 aliphatic rings. The third-order valence-corrected chi connectivity index (χ3v) is 11.6. The molecular weight excluding hydrogens is 717 g/mol. The van der Waals surface area contributed by atoms with Gasteiger partial charge < -0.3 is 9.47 Å². The van der Waals surface area contributed by atoms with E-state index in [0.717, 1.165) is 72.5 Å². The summed E-state index contributed by atoms with van der Waals surface area (Å²) in [6.45, 7) is 5.35. The Bertz CT molecular complexity index is 3270. The van der Waals surface area contributed by atoms with Crippen LogP contribution in [0.15, 0.2) is 207 Å². The summed E-state index contributed by atoms with van der Waals surface area (Å²) in [5.41, 5.74) is 16.1. The van der Waals surface area contributed by atoms with Crippen molar-refractivity contribution in [2.45, 2.75) is 0 Å². The molecule has 0 unspecified atom stereocenters. The Hall–Kier alpha value is -7.82. The van der Waals surface area contributed by atoms with Crippen LogP contribution in [0.5, 0.6) is 0 Å². The molecule has 278 valence electrons. The van der Waals surface area contributed by atoms with Crippen LogP contribution in [-0.2, 0) is 0 Å². The lowest BCUT2D eigenvalue weighted by atomic mass is 9.91. The van der Waals surface area contributed by atoms with Crippen molar-refractivity contribution in [3.63, 3.8) is 0 Å². The number of rotatable bonds is 5. The van der Waals surface area contributed by atoms with Gasteiger partial charge in [-0.2, -0.15) is 0 Å². The molecule has 0 saturated heterocycles. The molecule has 0 aliphatic carbocycles. The Balaban J connectivity index is 1.09. The molecule has 11 rings (SSSR count). The van der Waals surface area contributed by atoms with E-state index in [0.29, 0.717) is 12.5 Å². The second kappa shape index (κ2) is 14.3. The average molecular weight is 755 g/mol. The summed E-state index contributed by atoms with van der Waals surface area (Å²) >= 11 is 0. The summed E-state index contributed by atoms with van der Waals surface area (Å²) < 4.78 is 2.36. The van der Waals surface area contributed by atoms with Crippen molar-refractivity contribution in [2.75, 3.05) is 11.4 Å². The predicted octanol–water partition coefficient (Wildman–Crippen LogP) is 14.0. The Morgan fingerprint density at radius 2 is 1.12 bits per heavy atom. The first kappa shape index (κ1) is 34.4. The lowest BCUT2D eigenvalue weighted by Crippen LogP contribution is -2.21. The number of nitrogens with zero attached hydrogens (tertiary/aromatic N) is 4. The molecule has 4 heteroatoms. The van der Waals surface area contributed by atoms with Gasteiger partial charge in [-0.3, -0.25) is 0 Å². The Kier molecular flexibility index (Phi) is 8.34. The molecule has 2 aromatic heterocycles. The first-order valence-electron chi connectivity index (χ1n) is 20.1. The van der Waals surface area contributed by atoms with Gasteiger partial charge in [0.15, 0.2) is 0 Å². The van der Waals surface area contributed by atoms with Gasteiger partial charge in [-0.05, 0) is 93.6 Å². The minimum atomic E-state index is 0.570. The predicted molar refractivity (Wildman–Crippen MR) is 247 cm³/mol. The molecule has 0 saturated carbocycles. The highest BCUT2D eigenvalue weighted by Crippen LogP contribution is 2.42. The van der Waals surface area contributed by atoms with Crippen LogP contribution < -0.4 is 4.90 Å². The fraction of sp³-hybridized carbons (Fsp3) is 0.0182. The van der Waals surface area contributed by atoms with Gasteiger partial charge >= 0.3 is 0 Å². The van der Waals surface area contributed by atoms with Crippen LogP contribution in [0.4, 0.5) is 11.6 Å². The SMILES string of the molecule is C=C1c2ccccc2/C=C\CN(c2nc(-c3cccc(-c4ccccc4)c3)c3ccccc3n2)c2ccc(-c3ccc4c(c3)c3ccccc3n4-c3ccccc3)cc21. The molecule has 4 nitrogen and oxygen atoms in total. The van der Waals surface area contributed by atoms with Gasteiger partial charge in [0.05, 0.1) is 27.9 Å². The van der Waals surface area contributed by atoms with Crippen molar-refractivity contribution in [3.05, 3.63) is 223 Å². The number of aromatic nitrogens is 3. The summed E-state index contributed by atoms with van der Waals surface area (Å²) in [5.74, 6) is 0.636. The summed E-state index contributed by atoms with van der Waals surface area (Å²) in [6, 6.07) is 68.9. The highest BCUT2D eigenvalue weighted by atomic mass is 15.3. The van der Waals surface area contributed by atoms with Gasteiger partial charge in [0.2, 0.25) is 5.95 Å². The monoisotopic (exact) mass is 754 g/mol. The Morgan fingerprint density at radius 3 is 2.00 bits per heavy atom. The minimum Gasteiger partial charge on any atom is -0.309 e. The molecule has 10 aromatic rings. The maximum Gasteiger partial charge on any atom is 0.231 e. The molecule has 0 radical (unpaired) electrons. The van der Waals surface area contributed by atoms with Gasteiger partial charge in [0.1, 0.15) is 0 Å². The zero-order valence-corrected chi connectivity index (χ0v) is 32.3. The van der Waals surface area contributed by atoms with E-state index in [-0.39, 0.29) is 0 Å². The first-order chi connectivity index (χ1) is 29.2. The Morgan fingerprint density at radius 1 is 0.458 bits per heavy atom. The summed E-state index contributed by atoms with van der Waals surface area (Å²) in [4.78, 5) is 12.9. The quantitative estimate of drug-likeness (QED) is 0.175. The molecule has 3 heterocycles. The van der Waals surface area contributed by atoms with Gasteiger partial charge in [0, 0.05) is 39.5 Å². The van der Waals surface area contributed by atoms with Gasteiger partial charge in [-0.15, -0.1) is 0 Å². The van der Waals surface area contributed by atoms with Crippen molar-refractivity contribution in [2.24, 2.45) is 0 Å². The first-order valence-corrected chi connectivity index (χ1v) is 20.1. The Labute approximate surface area is 343 Å². The number of hydrogen-bond acceptors (Lipinski definition) is 3. The molecule has 0 bridgehead atoms. The highest BCUT2D eigenvalue weighted by molar-refractivity contribution is 6.10. The van der Waals surface area contributed by atoms with E-state index >= 15 is 0 Å². The molecule has 0 spiro atoms. The third-order valence-electron chi connectivity index (χ3n) is 11.6. The smallest absolute Gasteiger partial charge is 0.231 e. The highest BCUT2D eigenvalue weighted by Gasteiger charge is 2.23. The van der Waals surface area contributed by atoms with Crippen LogP contribution >= 0.6 is 0 Å². The average Bonchev–Trinajstić information content (AvgIpc) is 3.66. The second-order valence-corrected chi connectivity index (χ2v) is 15.1. The van der Waals surface area contributed by atoms with E-state index in [1.54, 1.807) is 0 Å². The largest absolute Gasteiger partial charge is 0.309 e. The van der Waals surface area contributed by atoms with Crippen molar-refractivity contribution in [3.8, 4) is 39.2 Å². The van der Waals surface area contributed by atoms with Crippen molar-refractivity contribution < 1.29 is 0 Å². The standard InChI is InChI=1S/C55H38N4/c1-37-45-24-9-8-18-39(45)21-15-33-58(55-56-50-27-12-10-26-47(50)54(57-55)43-20-14-19-40(34-43)38-16-4-2-5-17-38)51-31-29-41(35-48(37)51)42-30-32-53-49(36-42)46-25-11-13-28-52(46)59(53)44-22-6-3-7-23-44/h2-32,34-36H,1,33H2/b21-15-. The molecule has 0 amide bonds. The van der Waals surface area contributed by atoms with Crippen LogP contribution in [0.1, 0.15) is 16.7 Å². The zero-order valence-electron chi connectivity index (χ0n) is 32.3. The van der Waals surface area contributed by atoms with E-state index in [9.17, 15) is 0 Å². The number of benzene rings is 8. The lowest BCUT2D eigenvalue weighted by molar-refractivity contribution is 1.01. The van der Waals surface area contributed by atoms with E-state index in [1.165, 1.54) is 27.4 Å². The van der Waals surface area contributed by atoms with E-state index < -0.39 is 0 Å². The summed E-state index contributed by atoms with van der Waals surface area (Å²) in [5, 5.41) is 3.46. The summed E-state index contributed by atoms with van der Waals surface area (Å²) in [7, 11) is 0. The van der Waals surface area contributed by atoms with Gasteiger partial charge in [0.25, 0.3) is 0 Å². The molecule has 0 fully saturated rings. The van der Waals surface area contributed by atoms with Crippen LogP contribution in [0.2, 0.25) is 0 Å². The fourth-order valence-corrected chi connectivity index (χ4v) is 8.72. The number of anilines is 2. The number of hydrogen-bond donors (Lipinski definition) is 0. The molecule has 0 atom stereocenters. The minimum absolute atomic E-state index is 0.570. The van der Waals surface area contributed by atoms with Crippen LogP contribution in [-0.4, -0.2) is 21.1 Å². The van der Waals surface area contributed by atoms with Gasteiger partial charge in [-0.1, -0.05) is 158 Å². The van der Waals surface area contributed by atoms with Crippen molar-refractivity contribution >= 4 is 56.0 Å². The maximum absolute atomic E-state index is 5.43. The fourth-order valence-electron chi connectivity index (χ4n) is 8.72. The van der Waals surface area contributed by atoms with Crippen LogP contribution in [0.25, 0.3) is 83.6 Å². The number of fused-ring (bicyclic) bond motifs is 6. The molecule has 59 heavy (non-hydrogen) atoms. The number of para-hydroxylation sites is 3. The van der Waals surface area contributed by atoms with E-state index in [1.807, 2.05) is 0 Å². The van der Waals surface area contributed by atoms with E-state index in [2.05, 4.69) is 216 Å². The van der Waals surface area contributed by atoms with Gasteiger partial charge in [-0.25, -0.2) is 9.97 Å². The molecule has 1 aliphatic heterocycles. The van der Waals surface area contributed by atoms with Crippen molar-refractivity contribution in [1.82, 2.24) is 14.5 Å². The van der Waals surface area contributed by atoms with Crippen LogP contribution in [0, 0.1) is 0 Å². The van der Waals surface area contributed by atoms with Crippen LogP contribution in [0.3, 0.4) is 0 Å². The molecule has 8 aromatic carbocycles. The molecule has 0 N–H and O–H groups in total. The molecular formula is C55H38N4. The normalized spacial score (nSPS) is 13.2. The zero-order chi connectivity index (χ0) is 39.3. The maximum atomic E-state index is 5.43. The lowest BCUT2D eigenvalue weighted by Gasteiger charge is -2.26. The van der Waals surface area contributed by atoms with E-state index in [4.69, 9.17) is 16.5 Å². The second-order valence-electron chi connectivity index (χ2n) is 15.1.